The SMILES string of the molecule is CCC(Oc1ccc(CNC(C)C)cc1)C(=O)O. The van der Waals surface area contributed by atoms with E-state index in [2.05, 4.69) is 19.2 Å². The first-order chi connectivity index (χ1) is 8.52. The first kappa shape index (κ1) is 14.5. The molecule has 0 aromatic heterocycles. The summed E-state index contributed by atoms with van der Waals surface area (Å²) in [6.07, 6.45) is -0.323. The van der Waals surface area contributed by atoms with Crippen LogP contribution in [0.5, 0.6) is 5.75 Å². The fourth-order valence-electron chi connectivity index (χ4n) is 1.48. The Balaban J connectivity index is 2.57. The molecule has 18 heavy (non-hydrogen) atoms. The van der Waals surface area contributed by atoms with E-state index in [4.69, 9.17) is 9.84 Å². The molecule has 1 aromatic rings. The molecule has 1 unspecified atom stereocenters. The van der Waals surface area contributed by atoms with Gasteiger partial charge in [0.25, 0.3) is 0 Å². The van der Waals surface area contributed by atoms with Gasteiger partial charge in [0.1, 0.15) is 5.75 Å². The second-order valence-electron chi connectivity index (χ2n) is 4.53. The van der Waals surface area contributed by atoms with Gasteiger partial charge in [-0.1, -0.05) is 32.9 Å². The summed E-state index contributed by atoms with van der Waals surface area (Å²) in [5.74, 6) is -0.333. The van der Waals surface area contributed by atoms with Crippen LogP contribution in [0.4, 0.5) is 0 Å². The van der Waals surface area contributed by atoms with E-state index in [0.717, 1.165) is 12.1 Å². The standard InChI is InChI=1S/C14H21NO3/c1-4-13(14(16)17)18-12-7-5-11(6-8-12)9-15-10(2)3/h5-8,10,13,15H,4,9H2,1-3H3,(H,16,17). The van der Waals surface area contributed by atoms with Crippen LogP contribution in [-0.4, -0.2) is 23.2 Å². The van der Waals surface area contributed by atoms with Gasteiger partial charge in [0.05, 0.1) is 0 Å². The van der Waals surface area contributed by atoms with Crippen LogP contribution in [0.3, 0.4) is 0 Å². The van der Waals surface area contributed by atoms with Gasteiger partial charge in [-0.25, -0.2) is 4.79 Å². The minimum absolute atomic E-state index is 0.442. The lowest BCUT2D eigenvalue weighted by Gasteiger charge is -2.13. The van der Waals surface area contributed by atoms with Gasteiger partial charge in [-0.15, -0.1) is 0 Å². The molecule has 4 heteroatoms. The first-order valence-corrected chi connectivity index (χ1v) is 6.24. The maximum atomic E-state index is 10.8. The molecule has 100 valence electrons. The first-order valence-electron chi connectivity index (χ1n) is 6.24. The summed E-state index contributed by atoms with van der Waals surface area (Å²) in [6.45, 7) is 6.78. The van der Waals surface area contributed by atoms with Gasteiger partial charge < -0.3 is 15.2 Å². The number of carbonyl (C=O) groups is 1. The Kier molecular flexibility index (Phi) is 5.65. The molecule has 0 saturated carbocycles. The topological polar surface area (TPSA) is 58.6 Å². The summed E-state index contributed by atoms with van der Waals surface area (Å²) < 4.78 is 5.39. The number of carboxylic acids is 1. The van der Waals surface area contributed by atoms with Gasteiger partial charge in [0, 0.05) is 12.6 Å². The van der Waals surface area contributed by atoms with Crippen LogP contribution in [0.15, 0.2) is 24.3 Å². The molecule has 0 aliphatic carbocycles. The second-order valence-corrected chi connectivity index (χ2v) is 4.53. The van der Waals surface area contributed by atoms with E-state index in [9.17, 15) is 4.79 Å². The second kappa shape index (κ2) is 7.01. The summed E-state index contributed by atoms with van der Waals surface area (Å²) in [5, 5.41) is 12.2. The van der Waals surface area contributed by atoms with Gasteiger partial charge in [-0.05, 0) is 24.1 Å². The van der Waals surface area contributed by atoms with Crippen molar-refractivity contribution in [2.75, 3.05) is 0 Å². The highest BCUT2D eigenvalue weighted by Crippen LogP contribution is 2.15. The van der Waals surface area contributed by atoms with Crippen molar-refractivity contribution < 1.29 is 14.6 Å². The van der Waals surface area contributed by atoms with Crippen LogP contribution < -0.4 is 10.1 Å². The van der Waals surface area contributed by atoms with E-state index < -0.39 is 12.1 Å². The number of ether oxygens (including phenoxy) is 1. The van der Waals surface area contributed by atoms with Crippen molar-refractivity contribution >= 4 is 5.97 Å². The Hall–Kier alpha value is -1.55. The molecule has 0 heterocycles. The lowest BCUT2D eigenvalue weighted by molar-refractivity contribution is -0.145. The Labute approximate surface area is 108 Å². The Bertz CT molecular complexity index is 373. The quantitative estimate of drug-likeness (QED) is 0.781. The van der Waals surface area contributed by atoms with Crippen LogP contribution >= 0.6 is 0 Å². The summed E-state index contributed by atoms with van der Waals surface area (Å²) in [5.41, 5.74) is 1.15. The van der Waals surface area contributed by atoms with Crippen molar-refractivity contribution in [3.05, 3.63) is 29.8 Å². The average molecular weight is 251 g/mol. The highest BCUT2D eigenvalue weighted by atomic mass is 16.5. The van der Waals surface area contributed by atoms with Gasteiger partial charge in [-0.2, -0.15) is 0 Å². The Morgan fingerprint density at radius 2 is 1.94 bits per heavy atom. The van der Waals surface area contributed by atoms with Crippen LogP contribution in [0.2, 0.25) is 0 Å². The van der Waals surface area contributed by atoms with Crippen molar-refractivity contribution in [2.24, 2.45) is 0 Å². The molecule has 0 saturated heterocycles. The van der Waals surface area contributed by atoms with Crippen LogP contribution in [0.1, 0.15) is 32.8 Å². The fourth-order valence-corrected chi connectivity index (χ4v) is 1.48. The molecule has 1 atom stereocenters. The molecule has 1 rings (SSSR count). The summed E-state index contributed by atoms with van der Waals surface area (Å²) in [7, 11) is 0. The molecule has 0 fully saturated rings. The van der Waals surface area contributed by atoms with Crippen molar-refractivity contribution in [3.8, 4) is 5.75 Å². The molecule has 0 radical (unpaired) electrons. The van der Waals surface area contributed by atoms with Crippen LogP contribution in [-0.2, 0) is 11.3 Å². The smallest absolute Gasteiger partial charge is 0.344 e. The lowest BCUT2D eigenvalue weighted by atomic mass is 10.2. The molecule has 0 spiro atoms. The monoisotopic (exact) mass is 251 g/mol. The van der Waals surface area contributed by atoms with E-state index in [1.807, 2.05) is 24.3 Å². The number of aliphatic carboxylic acids is 1. The van der Waals surface area contributed by atoms with Crippen LogP contribution in [0, 0.1) is 0 Å². The minimum Gasteiger partial charge on any atom is -0.479 e. The van der Waals surface area contributed by atoms with Crippen molar-refractivity contribution in [1.82, 2.24) is 5.32 Å². The normalized spacial score (nSPS) is 12.4. The molecule has 1 aromatic carbocycles. The van der Waals surface area contributed by atoms with Crippen molar-refractivity contribution in [2.45, 2.75) is 45.9 Å². The number of nitrogens with one attached hydrogen (secondary N) is 1. The minimum atomic E-state index is -0.928. The number of hydrogen-bond donors (Lipinski definition) is 2. The van der Waals surface area contributed by atoms with Gasteiger partial charge in [-0.3, -0.25) is 0 Å². The van der Waals surface area contributed by atoms with E-state index in [1.165, 1.54) is 0 Å². The fraction of sp³-hybridized carbons (Fsp3) is 0.500. The third kappa shape index (κ3) is 4.75. The maximum Gasteiger partial charge on any atom is 0.344 e. The Morgan fingerprint density at radius 1 is 1.33 bits per heavy atom. The third-order valence-corrected chi connectivity index (χ3v) is 2.56. The molecule has 0 aliphatic rings. The van der Waals surface area contributed by atoms with Crippen molar-refractivity contribution in [1.29, 1.82) is 0 Å². The predicted octanol–water partition coefficient (Wildman–Crippen LogP) is 2.43. The zero-order valence-corrected chi connectivity index (χ0v) is 11.1. The largest absolute Gasteiger partial charge is 0.479 e. The van der Waals surface area contributed by atoms with E-state index in [-0.39, 0.29) is 0 Å². The molecule has 4 nitrogen and oxygen atoms in total. The molecule has 0 aliphatic heterocycles. The van der Waals surface area contributed by atoms with Crippen molar-refractivity contribution in [3.63, 3.8) is 0 Å². The highest BCUT2D eigenvalue weighted by molar-refractivity contribution is 5.72. The number of hydrogen-bond acceptors (Lipinski definition) is 3. The molecule has 2 N–H and O–H groups in total. The highest BCUT2D eigenvalue weighted by Gasteiger charge is 2.16. The summed E-state index contributed by atoms with van der Waals surface area (Å²) >= 11 is 0. The van der Waals surface area contributed by atoms with Gasteiger partial charge >= 0.3 is 5.97 Å². The Morgan fingerprint density at radius 3 is 2.39 bits per heavy atom. The molecular weight excluding hydrogens is 230 g/mol. The number of rotatable bonds is 7. The summed E-state index contributed by atoms with van der Waals surface area (Å²) in [6, 6.07) is 7.95. The number of benzene rings is 1. The van der Waals surface area contributed by atoms with Crippen LogP contribution in [0.25, 0.3) is 0 Å². The van der Waals surface area contributed by atoms with E-state index in [1.54, 1.807) is 6.92 Å². The summed E-state index contributed by atoms with van der Waals surface area (Å²) in [4.78, 5) is 10.8. The lowest BCUT2D eigenvalue weighted by Crippen LogP contribution is -2.26. The average Bonchev–Trinajstić information content (AvgIpc) is 2.34. The van der Waals surface area contributed by atoms with Gasteiger partial charge in [0.15, 0.2) is 6.10 Å². The zero-order chi connectivity index (χ0) is 13.5. The predicted molar refractivity (Wildman–Crippen MR) is 70.8 cm³/mol. The van der Waals surface area contributed by atoms with E-state index in [0.29, 0.717) is 18.2 Å². The number of carboxylic acid groups (broad SMARTS) is 1. The third-order valence-electron chi connectivity index (χ3n) is 2.56. The molecular formula is C14H21NO3. The van der Waals surface area contributed by atoms with E-state index >= 15 is 0 Å². The zero-order valence-electron chi connectivity index (χ0n) is 11.1. The molecule has 0 bridgehead atoms. The maximum absolute atomic E-state index is 10.8. The van der Waals surface area contributed by atoms with Gasteiger partial charge in [0.2, 0.25) is 0 Å². The molecule has 0 amide bonds.